The maximum atomic E-state index is 11.3. The summed E-state index contributed by atoms with van der Waals surface area (Å²) in [7, 11) is 1.54. The zero-order chi connectivity index (χ0) is 18.6. The largest absolute Gasteiger partial charge is 0.493 e. The van der Waals surface area contributed by atoms with Crippen molar-refractivity contribution in [1.82, 2.24) is 0 Å². The first-order valence-electron chi connectivity index (χ1n) is 8.97. The van der Waals surface area contributed by atoms with Gasteiger partial charge in [0.25, 0.3) is 0 Å². The van der Waals surface area contributed by atoms with Crippen molar-refractivity contribution in [2.45, 2.75) is 32.6 Å². The Morgan fingerprint density at radius 1 is 1.00 bits per heavy atom. The number of aldehydes is 1. The van der Waals surface area contributed by atoms with Gasteiger partial charge in [0.15, 0.2) is 23.5 Å². The summed E-state index contributed by atoms with van der Waals surface area (Å²) in [5, 5.41) is 0. The highest BCUT2D eigenvalue weighted by Gasteiger charge is 2.11. The SMILES string of the molecule is CCCCCCOC(=COc1c(C=O)cccc1OC)c1ccccc1. The molecule has 0 N–H and O–H groups in total. The van der Waals surface area contributed by atoms with Crippen molar-refractivity contribution >= 4 is 12.0 Å². The normalized spacial score (nSPS) is 11.1. The summed E-state index contributed by atoms with van der Waals surface area (Å²) in [6.07, 6.45) is 6.81. The van der Waals surface area contributed by atoms with E-state index in [2.05, 4.69) is 6.92 Å². The molecule has 138 valence electrons. The van der Waals surface area contributed by atoms with Crippen LogP contribution in [0.3, 0.4) is 0 Å². The molecule has 0 radical (unpaired) electrons. The first-order valence-corrected chi connectivity index (χ1v) is 8.97. The van der Waals surface area contributed by atoms with Gasteiger partial charge in [-0.25, -0.2) is 0 Å². The summed E-state index contributed by atoms with van der Waals surface area (Å²) < 4.78 is 17.0. The summed E-state index contributed by atoms with van der Waals surface area (Å²) in [5.41, 5.74) is 1.35. The van der Waals surface area contributed by atoms with E-state index in [1.54, 1.807) is 31.6 Å². The second-order valence-corrected chi connectivity index (χ2v) is 5.87. The zero-order valence-electron chi connectivity index (χ0n) is 15.4. The number of carbonyl (C=O) groups is 1. The Hall–Kier alpha value is -2.75. The molecule has 0 fully saturated rings. The molecule has 0 spiro atoms. The van der Waals surface area contributed by atoms with E-state index in [4.69, 9.17) is 14.2 Å². The molecule has 0 aliphatic rings. The molecule has 0 unspecified atom stereocenters. The van der Waals surface area contributed by atoms with Gasteiger partial charge in [0.05, 0.1) is 19.3 Å². The quantitative estimate of drug-likeness (QED) is 0.304. The summed E-state index contributed by atoms with van der Waals surface area (Å²) in [6.45, 7) is 2.80. The van der Waals surface area contributed by atoms with Crippen LogP contribution in [-0.2, 0) is 4.74 Å². The van der Waals surface area contributed by atoms with Gasteiger partial charge in [-0.15, -0.1) is 0 Å². The van der Waals surface area contributed by atoms with Crippen molar-refractivity contribution in [3.8, 4) is 11.5 Å². The van der Waals surface area contributed by atoms with Gasteiger partial charge in [0.2, 0.25) is 0 Å². The minimum atomic E-state index is 0.382. The lowest BCUT2D eigenvalue weighted by atomic mass is 10.2. The third-order valence-electron chi connectivity index (χ3n) is 3.95. The Morgan fingerprint density at radius 2 is 1.81 bits per heavy atom. The van der Waals surface area contributed by atoms with Crippen LogP contribution in [-0.4, -0.2) is 20.0 Å². The summed E-state index contributed by atoms with van der Waals surface area (Å²) >= 11 is 0. The predicted octanol–water partition coefficient (Wildman–Crippen LogP) is 5.48. The molecule has 0 aliphatic carbocycles. The monoisotopic (exact) mass is 354 g/mol. The smallest absolute Gasteiger partial charge is 0.179 e. The highest BCUT2D eigenvalue weighted by molar-refractivity contribution is 5.81. The number of hydrogen-bond acceptors (Lipinski definition) is 4. The predicted molar refractivity (Wildman–Crippen MR) is 104 cm³/mol. The molecule has 2 aromatic rings. The fraction of sp³-hybridized carbons (Fsp3) is 0.318. The van der Waals surface area contributed by atoms with Crippen LogP contribution >= 0.6 is 0 Å². The van der Waals surface area contributed by atoms with E-state index >= 15 is 0 Å². The molecular weight excluding hydrogens is 328 g/mol. The van der Waals surface area contributed by atoms with E-state index in [1.165, 1.54) is 12.8 Å². The van der Waals surface area contributed by atoms with Gasteiger partial charge < -0.3 is 14.2 Å². The van der Waals surface area contributed by atoms with E-state index in [0.29, 0.717) is 29.4 Å². The Labute approximate surface area is 155 Å². The molecular formula is C22H26O4. The number of ether oxygens (including phenoxy) is 3. The number of benzene rings is 2. The number of unbranched alkanes of at least 4 members (excludes halogenated alkanes) is 3. The molecule has 26 heavy (non-hydrogen) atoms. The third kappa shape index (κ3) is 5.66. The average Bonchev–Trinajstić information content (AvgIpc) is 2.70. The number of para-hydroxylation sites is 1. The number of hydrogen-bond donors (Lipinski definition) is 0. The second-order valence-electron chi connectivity index (χ2n) is 5.87. The Kier molecular flexibility index (Phi) is 8.27. The van der Waals surface area contributed by atoms with Crippen molar-refractivity contribution in [3.63, 3.8) is 0 Å². The minimum Gasteiger partial charge on any atom is -0.493 e. The molecule has 0 atom stereocenters. The van der Waals surface area contributed by atoms with Gasteiger partial charge in [0.1, 0.15) is 6.26 Å². The lowest BCUT2D eigenvalue weighted by Crippen LogP contribution is -1.99. The van der Waals surface area contributed by atoms with E-state index in [9.17, 15) is 4.79 Å². The van der Waals surface area contributed by atoms with Gasteiger partial charge in [0, 0.05) is 5.56 Å². The fourth-order valence-electron chi connectivity index (χ4n) is 2.52. The maximum absolute atomic E-state index is 11.3. The van der Waals surface area contributed by atoms with Crippen LogP contribution in [0.5, 0.6) is 11.5 Å². The summed E-state index contributed by atoms with van der Waals surface area (Å²) in [4.78, 5) is 11.3. The number of rotatable bonds is 11. The van der Waals surface area contributed by atoms with Crippen LogP contribution in [0.4, 0.5) is 0 Å². The van der Waals surface area contributed by atoms with Crippen molar-refractivity contribution in [1.29, 1.82) is 0 Å². The fourth-order valence-corrected chi connectivity index (χ4v) is 2.52. The van der Waals surface area contributed by atoms with Crippen LogP contribution < -0.4 is 9.47 Å². The first-order chi connectivity index (χ1) is 12.8. The summed E-state index contributed by atoms with van der Waals surface area (Å²) in [6, 6.07) is 15.0. The maximum Gasteiger partial charge on any atom is 0.179 e. The van der Waals surface area contributed by atoms with Crippen molar-refractivity contribution < 1.29 is 19.0 Å². The second kappa shape index (κ2) is 11.0. The summed E-state index contributed by atoms with van der Waals surface area (Å²) in [5.74, 6) is 1.51. The van der Waals surface area contributed by atoms with Crippen LogP contribution in [0.15, 0.2) is 54.8 Å². The van der Waals surface area contributed by atoms with Gasteiger partial charge in [-0.1, -0.05) is 62.6 Å². The topological polar surface area (TPSA) is 44.8 Å². The lowest BCUT2D eigenvalue weighted by Gasteiger charge is -2.13. The molecule has 0 saturated carbocycles. The van der Waals surface area contributed by atoms with Gasteiger partial charge in [-0.05, 0) is 18.6 Å². The molecule has 0 aromatic heterocycles. The Balaban J connectivity index is 2.18. The van der Waals surface area contributed by atoms with Gasteiger partial charge in [-0.2, -0.15) is 0 Å². The lowest BCUT2D eigenvalue weighted by molar-refractivity contribution is 0.112. The molecule has 0 bridgehead atoms. The Bertz CT molecular complexity index is 707. The van der Waals surface area contributed by atoms with Gasteiger partial charge in [-0.3, -0.25) is 4.79 Å². The van der Waals surface area contributed by atoms with Crippen LogP contribution in [0.1, 0.15) is 48.5 Å². The van der Waals surface area contributed by atoms with Crippen molar-refractivity contribution in [3.05, 3.63) is 65.9 Å². The Morgan fingerprint density at radius 3 is 2.50 bits per heavy atom. The molecule has 2 aromatic carbocycles. The molecule has 0 aliphatic heterocycles. The van der Waals surface area contributed by atoms with Crippen LogP contribution in [0, 0.1) is 0 Å². The number of carbonyl (C=O) groups excluding carboxylic acids is 1. The highest BCUT2D eigenvalue weighted by atomic mass is 16.5. The van der Waals surface area contributed by atoms with E-state index < -0.39 is 0 Å². The molecule has 0 saturated heterocycles. The van der Waals surface area contributed by atoms with E-state index in [-0.39, 0.29) is 0 Å². The van der Waals surface area contributed by atoms with E-state index in [0.717, 1.165) is 24.7 Å². The molecule has 4 nitrogen and oxygen atoms in total. The third-order valence-corrected chi connectivity index (χ3v) is 3.95. The molecule has 0 amide bonds. The molecule has 0 heterocycles. The molecule has 4 heteroatoms. The van der Waals surface area contributed by atoms with E-state index in [1.807, 2.05) is 30.3 Å². The number of methoxy groups -OCH3 is 1. The highest BCUT2D eigenvalue weighted by Crippen LogP contribution is 2.31. The minimum absolute atomic E-state index is 0.382. The van der Waals surface area contributed by atoms with Crippen LogP contribution in [0.2, 0.25) is 0 Å². The van der Waals surface area contributed by atoms with Gasteiger partial charge >= 0.3 is 0 Å². The first kappa shape index (κ1) is 19.6. The standard InChI is InChI=1S/C22H26O4/c1-3-4-5-9-15-25-21(18-11-7-6-8-12-18)17-26-22-19(16-23)13-10-14-20(22)24-2/h6-8,10-14,16-17H,3-5,9,15H2,1-2H3. The van der Waals surface area contributed by atoms with Crippen molar-refractivity contribution in [2.75, 3.05) is 13.7 Å². The average molecular weight is 354 g/mol. The zero-order valence-corrected chi connectivity index (χ0v) is 15.4. The van der Waals surface area contributed by atoms with Crippen molar-refractivity contribution in [2.24, 2.45) is 0 Å². The molecule has 2 rings (SSSR count). The van der Waals surface area contributed by atoms with Crippen LogP contribution in [0.25, 0.3) is 5.76 Å².